The van der Waals surface area contributed by atoms with Crippen LogP contribution in [0.5, 0.6) is 0 Å². The molecule has 0 fully saturated rings. The number of rotatable bonds is 2. The van der Waals surface area contributed by atoms with Crippen molar-refractivity contribution in [2.75, 3.05) is 5.75 Å². The molecule has 1 atom stereocenters. The van der Waals surface area contributed by atoms with Crippen LogP contribution in [0.1, 0.15) is 16.2 Å². The van der Waals surface area contributed by atoms with Gasteiger partial charge >= 0.3 is 0 Å². The quantitative estimate of drug-likeness (QED) is 0.799. The standard InChI is InChI=1S/C10H10ClN3O3S/c1-6-4-8(14-10(11)12-6)9(15)13-7-2-3-18(16,17)5-7/h2-4,7H,5H2,1H3,(H,13,15). The molecule has 1 N–H and O–H groups in total. The molecule has 1 aromatic heterocycles. The third-order valence-corrected chi connectivity index (χ3v) is 3.87. The number of aromatic nitrogens is 2. The molecule has 1 aliphatic heterocycles. The molecule has 8 heteroatoms. The monoisotopic (exact) mass is 287 g/mol. The van der Waals surface area contributed by atoms with Crippen molar-refractivity contribution >= 4 is 27.3 Å². The maximum absolute atomic E-state index is 11.8. The third kappa shape index (κ3) is 3.05. The molecule has 2 heterocycles. The van der Waals surface area contributed by atoms with Gasteiger partial charge in [-0.05, 0) is 30.7 Å². The lowest BCUT2D eigenvalue weighted by molar-refractivity contribution is 0.0942. The molecule has 0 bridgehead atoms. The molecule has 6 nitrogen and oxygen atoms in total. The van der Waals surface area contributed by atoms with Crippen molar-refractivity contribution in [1.82, 2.24) is 15.3 Å². The molecule has 1 unspecified atom stereocenters. The second-order valence-electron chi connectivity index (χ2n) is 3.90. The molecule has 0 aliphatic carbocycles. The van der Waals surface area contributed by atoms with Crippen molar-refractivity contribution in [3.63, 3.8) is 0 Å². The van der Waals surface area contributed by atoms with Crippen molar-refractivity contribution in [1.29, 1.82) is 0 Å². The van der Waals surface area contributed by atoms with Gasteiger partial charge in [0, 0.05) is 11.1 Å². The Morgan fingerprint density at radius 1 is 1.50 bits per heavy atom. The van der Waals surface area contributed by atoms with Crippen LogP contribution in [-0.2, 0) is 9.84 Å². The van der Waals surface area contributed by atoms with E-state index in [0.29, 0.717) is 5.69 Å². The van der Waals surface area contributed by atoms with Crippen LogP contribution < -0.4 is 5.32 Å². The van der Waals surface area contributed by atoms with E-state index in [4.69, 9.17) is 11.6 Å². The number of hydrogen-bond donors (Lipinski definition) is 1. The number of aryl methyl sites for hydroxylation is 1. The summed E-state index contributed by atoms with van der Waals surface area (Å²) in [4.78, 5) is 19.4. The van der Waals surface area contributed by atoms with Crippen LogP contribution in [0, 0.1) is 6.92 Å². The van der Waals surface area contributed by atoms with Crippen LogP contribution in [-0.4, -0.2) is 36.1 Å². The zero-order chi connectivity index (χ0) is 13.3. The third-order valence-electron chi connectivity index (χ3n) is 2.31. The molecule has 0 radical (unpaired) electrons. The zero-order valence-electron chi connectivity index (χ0n) is 9.42. The van der Waals surface area contributed by atoms with Crippen LogP contribution in [0.3, 0.4) is 0 Å². The Bertz CT molecular complexity index is 607. The van der Waals surface area contributed by atoms with Crippen molar-refractivity contribution in [3.8, 4) is 0 Å². The smallest absolute Gasteiger partial charge is 0.270 e. The number of nitrogens with one attached hydrogen (secondary N) is 1. The molecule has 96 valence electrons. The Hall–Kier alpha value is -1.47. The summed E-state index contributed by atoms with van der Waals surface area (Å²) in [6, 6.07) is 0.950. The highest BCUT2D eigenvalue weighted by Gasteiger charge is 2.24. The highest BCUT2D eigenvalue weighted by molar-refractivity contribution is 7.94. The maximum atomic E-state index is 11.8. The first-order valence-corrected chi connectivity index (χ1v) is 7.18. The van der Waals surface area contributed by atoms with E-state index in [1.54, 1.807) is 6.92 Å². The van der Waals surface area contributed by atoms with Crippen LogP contribution >= 0.6 is 11.6 Å². The minimum atomic E-state index is -3.19. The molecule has 0 saturated heterocycles. The van der Waals surface area contributed by atoms with Crippen molar-refractivity contribution in [2.24, 2.45) is 0 Å². The molecule has 0 saturated carbocycles. The van der Waals surface area contributed by atoms with Gasteiger partial charge < -0.3 is 5.32 Å². The molecule has 0 aromatic carbocycles. The fraction of sp³-hybridized carbons (Fsp3) is 0.300. The summed E-state index contributed by atoms with van der Waals surface area (Å²) in [5.74, 6) is -0.606. The Labute approximate surface area is 109 Å². The number of carbonyl (C=O) groups is 1. The normalized spacial score (nSPS) is 20.9. The Kier molecular flexibility index (Phi) is 3.36. The number of hydrogen-bond acceptors (Lipinski definition) is 5. The molecular formula is C10H10ClN3O3S. The van der Waals surface area contributed by atoms with Crippen molar-refractivity contribution < 1.29 is 13.2 Å². The Morgan fingerprint density at radius 2 is 2.22 bits per heavy atom. The second kappa shape index (κ2) is 4.66. The molecular weight excluding hydrogens is 278 g/mol. The SMILES string of the molecule is Cc1cc(C(=O)NC2C=CS(=O)(=O)C2)nc(Cl)n1. The molecule has 1 aromatic rings. The van der Waals surface area contributed by atoms with Gasteiger partial charge in [0.25, 0.3) is 5.91 Å². The van der Waals surface area contributed by atoms with Crippen LogP contribution in [0.25, 0.3) is 0 Å². The number of carbonyl (C=O) groups excluding carboxylic acids is 1. The number of nitrogens with zero attached hydrogens (tertiary/aromatic N) is 2. The predicted octanol–water partition coefficient (Wildman–Crippen LogP) is 0.479. The predicted molar refractivity (Wildman–Crippen MR) is 66.0 cm³/mol. The van der Waals surface area contributed by atoms with E-state index in [-0.39, 0.29) is 16.7 Å². The lowest BCUT2D eigenvalue weighted by atomic mass is 10.3. The topological polar surface area (TPSA) is 89.0 Å². The van der Waals surface area contributed by atoms with Gasteiger partial charge in [0.15, 0.2) is 9.84 Å². The van der Waals surface area contributed by atoms with E-state index < -0.39 is 21.8 Å². The van der Waals surface area contributed by atoms with Gasteiger partial charge in [0.05, 0.1) is 11.8 Å². The van der Waals surface area contributed by atoms with Gasteiger partial charge in [-0.2, -0.15) is 0 Å². The lowest BCUT2D eigenvalue weighted by Crippen LogP contribution is -2.36. The number of amides is 1. The van der Waals surface area contributed by atoms with Crippen molar-refractivity contribution in [3.05, 3.63) is 34.2 Å². The summed E-state index contributed by atoms with van der Waals surface area (Å²) in [7, 11) is -3.19. The number of sulfone groups is 1. The first kappa shape index (κ1) is 13.0. The fourth-order valence-electron chi connectivity index (χ4n) is 1.56. The van der Waals surface area contributed by atoms with Crippen LogP contribution in [0.15, 0.2) is 17.6 Å². The molecule has 18 heavy (non-hydrogen) atoms. The average molecular weight is 288 g/mol. The van der Waals surface area contributed by atoms with Gasteiger partial charge in [-0.15, -0.1) is 0 Å². The molecule has 1 aliphatic rings. The largest absolute Gasteiger partial charge is 0.343 e. The van der Waals surface area contributed by atoms with E-state index >= 15 is 0 Å². The van der Waals surface area contributed by atoms with E-state index in [1.165, 1.54) is 12.1 Å². The van der Waals surface area contributed by atoms with Gasteiger partial charge in [-0.1, -0.05) is 0 Å². The summed E-state index contributed by atoms with van der Waals surface area (Å²) in [5, 5.41) is 3.63. The number of halogens is 1. The maximum Gasteiger partial charge on any atom is 0.270 e. The summed E-state index contributed by atoms with van der Waals surface area (Å²) >= 11 is 5.64. The Balaban J connectivity index is 2.11. The molecule has 2 rings (SSSR count). The summed E-state index contributed by atoms with van der Waals surface area (Å²) in [6.07, 6.45) is 1.43. The average Bonchev–Trinajstić information content (AvgIpc) is 2.56. The van der Waals surface area contributed by atoms with Gasteiger partial charge in [-0.3, -0.25) is 4.79 Å². The Morgan fingerprint density at radius 3 is 2.78 bits per heavy atom. The van der Waals surface area contributed by atoms with Gasteiger partial charge in [-0.25, -0.2) is 18.4 Å². The van der Waals surface area contributed by atoms with Crippen molar-refractivity contribution in [2.45, 2.75) is 13.0 Å². The van der Waals surface area contributed by atoms with Crippen LogP contribution in [0.2, 0.25) is 5.28 Å². The van der Waals surface area contributed by atoms with Crippen LogP contribution in [0.4, 0.5) is 0 Å². The highest BCUT2D eigenvalue weighted by atomic mass is 35.5. The minimum Gasteiger partial charge on any atom is -0.343 e. The summed E-state index contributed by atoms with van der Waals surface area (Å²) in [6.45, 7) is 1.68. The van der Waals surface area contributed by atoms with Gasteiger partial charge in [0.1, 0.15) is 5.69 Å². The minimum absolute atomic E-state index is 0.0188. The summed E-state index contributed by atoms with van der Waals surface area (Å²) in [5.41, 5.74) is 0.680. The zero-order valence-corrected chi connectivity index (χ0v) is 11.0. The first-order valence-electron chi connectivity index (χ1n) is 5.09. The van der Waals surface area contributed by atoms with E-state index in [1.807, 2.05) is 0 Å². The van der Waals surface area contributed by atoms with E-state index in [0.717, 1.165) is 5.41 Å². The lowest BCUT2D eigenvalue weighted by Gasteiger charge is -2.09. The molecule has 0 spiro atoms. The first-order chi connectivity index (χ1) is 8.35. The van der Waals surface area contributed by atoms with E-state index in [2.05, 4.69) is 15.3 Å². The fourth-order valence-corrected chi connectivity index (χ4v) is 3.02. The van der Waals surface area contributed by atoms with E-state index in [9.17, 15) is 13.2 Å². The highest BCUT2D eigenvalue weighted by Crippen LogP contribution is 2.10. The summed E-state index contributed by atoms with van der Waals surface area (Å²) < 4.78 is 22.4. The van der Waals surface area contributed by atoms with Gasteiger partial charge in [0.2, 0.25) is 5.28 Å². The molecule has 1 amide bonds. The second-order valence-corrected chi connectivity index (χ2v) is 6.17.